The van der Waals surface area contributed by atoms with Crippen molar-refractivity contribution in [3.05, 3.63) is 22.7 Å². The molecule has 4 atom stereocenters. The Morgan fingerprint density at radius 3 is 2.89 bits per heavy atom. The van der Waals surface area contributed by atoms with Gasteiger partial charge in [-0.25, -0.2) is 9.18 Å². The topological polar surface area (TPSA) is 122 Å². The van der Waals surface area contributed by atoms with Gasteiger partial charge in [0.2, 0.25) is 0 Å². The molecule has 8 heteroatoms. The normalized spacial score (nSPS) is 29.9. The zero-order chi connectivity index (χ0) is 13.5. The molecule has 7 nitrogen and oxygen atoms in total. The molecule has 5 N–H and O–H groups in total. The van der Waals surface area contributed by atoms with Crippen LogP contribution < -0.4 is 11.4 Å². The molecule has 0 aromatic carbocycles. The zero-order valence-corrected chi connectivity index (χ0v) is 9.40. The summed E-state index contributed by atoms with van der Waals surface area (Å²) >= 11 is 0. The predicted molar refractivity (Wildman–Crippen MR) is 59.5 cm³/mol. The van der Waals surface area contributed by atoms with Crippen LogP contribution in [0.15, 0.2) is 17.1 Å². The summed E-state index contributed by atoms with van der Waals surface area (Å²) in [6, 6.07) is 0.434. The standard InChI is InChI=1S/C10H14FN3O4/c11-10(8(17)5(16)4-15)3-6(10)14-2-1-7(12)13-9(14)18/h1-2,5-6,8,15-17H,3-4H2,(H2,12,13,18)/t5?,6-,8?,10?/m1/s1. The highest BCUT2D eigenvalue weighted by molar-refractivity contribution is 5.25. The summed E-state index contributed by atoms with van der Waals surface area (Å²) in [6.45, 7) is -0.756. The molecule has 1 aromatic heterocycles. The number of hydrogen-bond acceptors (Lipinski definition) is 6. The van der Waals surface area contributed by atoms with Crippen molar-refractivity contribution >= 4 is 5.82 Å². The molecule has 3 unspecified atom stereocenters. The van der Waals surface area contributed by atoms with Crippen LogP contribution >= 0.6 is 0 Å². The van der Waals surface area contributed by atoms with Gasteiger partial charge in [0.25, 0.3) is 0 Å². The molecule has 0 aliphatic heterocycles. The number of nitrogens with zero attached hydrogens (tertiary/aromatic N) is 2. The Kier molecular flexibility index (Phi) is 3.09. The highest BCUT2D eigenvalue weighted by atomic mass is 19.1. The van der Waals surface area contributed by atoms with Crippen LogP contribution in [-0.2, 0) is 0 Å². The van der Waals surface area contributed by atoms with E-state index in [0.717, 1.165) is 4.57 Å². The van der Waals surface area contributed by atoms with E-state index < -0.39 is 36.2 Å². The van der Waals surface area contributed by atoms with Gasteiger partial charge in [-0.3, -0.25) is 4.57 Å². The summed E-state index contributed by atoms with van der Waals surface area (Å²) in [5.41, 5.74) is 2.45. The van der Waals surface area contributed by atoms with Crippen LogP contribution in [-0.4, -0.2) is 49.4 Å². The molecule has 2 rings (SSSR count). The number of aliphatic hydroxyl groups excluding tert-OH is 3. The average Bonchev–Trinajstić information content (AvgIpc) is 3.00. The van der Waals surface area contributed by atoms with E-state index in [9.17, 15) is 19.4 Å². The van der Waals surface area contributed by atoms with Gasteiger partial charge in [0.1, 0.15) is 18.0 Å². The van der Waals surface area contributed by atoms with E-state index in [2.05, 4.69) is 4.98 Å². The number of halogens is 1. The Bertz CT molecular complexity index is 508. The maximum Gasteiger partial charge on any atom is 0.349 e. The van der Waals surface area contributed by atoms with Gasteiger partial charge in [-0.1, -0.05) is 0 Å². The van der Waals surface area contributed by atoms with Crippen molar-refractivity contribution in [3.63, 3.8) is 0 Å². The lowest BCUT2D eigenvalue weighted by Gasteiger charge is -2.20. The van der Waals surface area contributed by atoms with E-state index in [1.54, 1.807) is 0 Å². The first kappa shape index (κ1) is 12.9. The molecule has 1 aromatic rings. The maximum absolute atomic E-state index is 14.2. The summed E-state index contributed by atoms with van der Waals surface area (Å²) < 4.78 is 15.2. The first-order valence-corrected chi connectivity index (χ1v) is 5.40. The fourth-order valence-electron chi connectivity index (χ4n) is 1.97. The Labute approximate surface area is 101 Å². The van der Waals surface area contributed by atoms with E-state index in [4.69, 9.17) is 10.8 Å². The molecular weight excluding hydrogens is 245 g/mol. The molecule has 0 bridgehead atoms. The second kappa shape index (κ2) is 4.30. The quantitative estimate of drug-likeness (QED) is 0.506. The van der Waals surface area contributed by atoms with Gasteiger partial charge in [0, 0.05) is 12.6 Å². The Balaban J connectivity index is 2.22. The summed E-state index contributed by atoms with van der Waals surface area (Å²) in [7, 11) is 0. The smallest absolute Gasteiger partial charge is 0.349 e. The van der Waals surface area contributed by atoms with Crippen LogP contribution in [0.1, 0.15) is 12.5 Å². The minimum atomic E-state index is -2.14. The Hall–Kier alpha value is -1.51. The molecule has 0 saturated heterocycles. The number of alkyl halides is 1. The number of aromatic nitrogens is 2. The Morgan fingerprint density at radius 2 is 2.33 bits per heavy atom. The van der Waals surface area contributed by atoms with Crippen molar-refractivity contribution in [2.75, 3.05) is 12.3 Å². The number of aliphatic hydroxyl groups is 3. The summed E-state index contributed by atoms with van der Waals surface area (Å²) in [6.07, 6.45) is -2.18. The Morgan fingerprint density at radius 1 is 1.67 bits per heavy atom. The molecule has 100 valence electrons. The van der Waals surface area contributed by atoms with Crippen molar-refractivity contribution in [2.45, 2.75) is 30.3 Å². The van der Waals surface area contributed by atoms with Gasteiger partial charge >= 0.3 is 5.69 Å². The second-order valence-electron chi connectivity index (χ2n) is 4.38. The van der Waals surface area contributed by atoms with Crippen molar-refractivity contribution in [3.8, 4) is 0 Å². The van der Waals surface area contributed by atoms with Crippen LogP contribution in [0.2, 0.25) is 0 Å². The van der Waals surface area contributed by atoms with Crippen LogP contribution in [0.25, 0.3) is 0 Å². The third-order valence-corrected chi connectivity index (χ3v) is 3.13. The third kappa shape index (κ3) is 1.98. The van der Waals surface area contributed by atoms with Crippen molar-refractivity contribution in [1.82, 2.24) is 9.55 Å². The van der Waals surface area contributed by atoms with Crippen LogP contribution in [0.4, 0.5) is 10.2 Å². The minimum Gasteiger partial charge on any atom is -0.394 e. The van der Waals surface area contributed by atoms with Gasteiger partial charge in [-0.05, 0) is 6.07 Å². The average molecular weight is 259 g/mol. The van der Waals surface area contributed by atoms with Crippen molar-refractivity contribution < 1.29 is 19.7 Å². The number of hydrogen-bond donors (Lipinski definition) is 4. The molecule has 1 aliphatic rings. The highest BCUT2D eigenvalue weighted by Gasteiger charge is 2.63. The predicted octanol–water partition coefficient (Wildman–Crippen LogP) is -1.81. The lowest BCUT2D eigenvalue weighted by Crippen LogP contribution is -2.41. The molecule has 0 spiro atoms. The number of rotatable bonds is 4. The molecule has 0 radical (unpaired) electrons. The maximum atomic E-state index is 14.2. The van der Waals surface area contributed by atoms with Crippen molar-refractivity contribution in [2.24, 2.45) is 0 Å². The molecule has 18 heavy (non-hydrogen) atoms. The monoisotopic (exact) mass is 259 g/mol. The van der Waals surface area contributed by atoms with Gasteiger partial charge in [0.05, 0.1) is 12.6 Å². The van der Waals surface area contributed by atoms with Crippen LogP contribution in [0, 0.1) is 0 Å². The lowest BCUT2D eigenvalue weighted by molar-refractivity contribution is -0.0648. The highest BCUT2D eigenvalue weighted by Crippen LogP contribution is 2.53. The lowest BCUT2D eigenvalue weighted by atomic mass is 10.1. The van der Waals surface area contributed by atoms with E-state index in [1.807, 2.05) is 0 Å². The largest absolute Gasteiger partial charge is 0.394 e. The van der Waals surface area contributed by atoms with Crippen molar-refractivity contribution in [1.29, 1.82) is 0 Å². The van der Waals surface area contributed by atoms with E-state index >= 15 is 0 Å². The van der Waals surface area contributed by atoms with Gasteiger partial charge in [0.15, 0.2) is 5.67 Å². The summed E-state index contributed by atoms with van der Waals surface area (Å²) in [5, 5.41) is 27.4. The summed E-state index contributed by atoms with van der Waals surface area (Å²) in [5.74, 6) is 0.0253. The van der Waals surface area contributed by atoms with Gasteiger partial charge < -0.3 is 21.1 Å². The summed E-state index contributed by atoms with van der Waals surface area (Å²) in [4.78, 5) is 14.9. The van der Waals surface area contributed by atoms with Gasteiger partial charge in [-0.2, -0.15) is 4.98 Å². The van der Waals surface area contributed by atoms with Gasteiger partial charge in [-0.15, -0.1) is 0 Å². The van der Waals surface area contributed by atoms with E-state index in [-0.39, 0.29) is 12.2 Å². The molecule has 1 aliphatic carbocycles. The fourth-order valence-corrected chi connectivity index (χ4v) is 1.97. The third-order valence-electron chi connectivity index (χ3n) is 3.13. The molecule has 1 fully saturated rings. The minimum absolute atomic E-state index is 0.0253. The van der Waals surface area contributed by atoms with E-state index in [1.165, 1.54) is 12.3 Å². The molecular formula is C10H14FN3O4. The first-order valence-electron chi connectivity index (χ1n) is 5.40. The SMILES string of the molecule is Nc1ccn([C@@H]2CC2(F)C(O)C(O)CO)c(=O)n1. The van der Waals surface area contributed by atoms with Crippen LogP contribution in [0.5, 0.6) is 0 Å². The first-order chi connectivity index (χ1) is 8.40. The molecule has 1 heterocycles. The fraction of sp³-hybridized carbons (Fsp3) is 0.600. The van der Waals surface area contributed by atoms with E-state index in [0.29, 0.717) is 0 Å². The number of anilines is 1. The zero-order valence-electron chi connectivity index (χ0n) is 9.40. The second-order valence-corrected chi connectivity index (χ2v) is 4.38. The number of nitrogen functional groups attached to an aromatic ring is 1. The molecule has 1 saturated carbocycles. The molecule has 0 amide bonds. The van der Waals surface area contributed by atoms with Crippen LogP contribution in [0.3, 0.4) is 0 Å². The number of nitrogens with two attached hydrogens (primary N) is 1.